The van der Waals surface area contributed by atoms with Crippen LogP contribution in [0.5, 0.6) is 0 Å². The van der Waals surface area contributed by atoms with E-state index in [1.54, 1.807) is 0 Å². The summed E-state index contributed by atoms with van der Waals surface area (Å²) in [7, 11) is 0. The molecule has 1 aromatic heterocycles. The van der Waals surface area contributed by atoms with Crippen molar-refractivity contribution in [2.75, 3.05) is 19.6 Å². The van der Waals surface area contributed by atoms with E-state index in [4.69, 9.17) is 4.52 Å². The summed E-state index contributed by atoms with van der Waals surface area (Å²) in [4.78, 5) is 29.1. The van der Waals surface area contributed by atoms with Crippen molar-refractivity contribution in [2.45, 2.75) is 52.0 Å². The third-order valence-electron chi connectivity index (χ3n) is 6.04. The van der Waals surface area contributed by atoms with E-state index in [2.05, 4.69) is 10.1 Å². The molecular formula is C18H25N3O3. The molecule has 2 bridgehead atoms. The smallest absolute Gasteiger partial charge is 0.227 e. The van der Waals surface area contributed by atoms with Crippen molar-refractivity contribution in [2.24, 2.45) is 11.8 Å². The predicted octanol–water partition coefficient (Wildman–Crippen LogP) is 1.69. The Kier molecular flexibility index (Phi) is 3.85. The number of hydrogen-bond acceptors (Lipinski definition) is 4. The van der Waals surface area contributed by atoms with Gasteiger partial charge in [-0.15, -0.1) is 0 Å². The van der Waals surface area contributed by atoms with Crippen molar-refractivity contribution in [1.29, 1.82) is 0 Å². The molecule has 4 heterocycles. The summed E-state index contributed by atoms with van der Waals surface area (Å²) in [6.07, 6.45) is 4.31. The van der Waals surface area contributed by atoms with Gasteiger partial charge in [0.2, 0.25) is 11.8 Å². The third kappa shape index (κ3) is 2.62. The largest absolute Gasteiger partial charge is 0.361 e. The molecule has 130 valence electrons. The van der Waals surface area contributed by atoms with Crippen LogP contribution >= 0.6 is 0 Å². The minimum Gasteiger partial charge on any atom is -0.361 e. The van der Waals surface area contributed by atoms with Crippen LogP contribution in [0.1, 0.15) is 42.7 Å². The number of aromatic nitrogens is 1. The molecule has 2 amide bonds. The van der Waals surface area contributed by atoms with Crippen LogP contribution in [0.15, 0.2) is 4.52 Å². The Morgan fingerprint density at radius 1 is 1.29 bits per heavy atom. The molecule has 3 atom stereocenters. The van der Waals surface area contributed by atoms with Crippen molar-refractivity contribution in [3.8, 4) is 0 Å². The van der Waals surface area contributed by atoms with Crippen LogP contribution in [0.2, 0.25) is 0 Å². The lowest BCUT2D eigenvalue weighted by atomic mass is 9.76. The summed E-state index contributed by atoms with van der Waals surface area (Å²) in [5.41, 5.74) is 1.73. The zero-order valence-electron chi connectivity index (χ0n) is 14.5. The van der Waals surface area contributed by atoms with Gasteiger partial charge in [0.1, 0.15) is 5.76 Å². The number of likely N-dealkylation sites (tertiary alicyclic amines) is 1. The minimum absolute atomic E-state index is 0.162. The first-order chi connectivity index (χ1) is 11.5. The standard InChI is InChI=1S/C18H25N3O3/c1-11-15(12(2)24-19-11)7-18(23)20-8-13-6-14(10-20)16-4-3-5-17(22)21(16)9-13/h13-14,16H,3-10H2,1-2H3. The normalized spacial score (nSPS) is 29.6. The highest BCUT2D eigenvalue weighted by molar-refractivity contribution is 5.80. The van der Waals surface area contributed by atoms with E-state index >= 15 is 0 Å². The van der Waals surface area contributed by atoms with Gasteiger partial charge in [-0.1, -0.05) is 5.16 Å². The van der Waals surface area contributed by atoms with Gasteiger partial charge in [0.15, 0.2) is 0 Å². The van der Waals surface area contributed by atoms with Crippen LogP contribution < -0.4 is 0 Å². The number of carbonyl (C=O) groups is 2. The Hall–Kier alpha value is -1.85. The number of fused-ring (bicyclic) bond motifs is 4. The van der Waals surface area contributed by atoms with E-state index in [-0.39, 0.29) is 5.91 Å². The molecule has 6 heteroatoms. The second-order valence-corrected chi connectivity index (χ2v) is 7.65. The van der Waals surface area contributed by atoms with Gasteiger partial charge in [0.05, 0.1) is 12.1 Å². The number of carbonyl (C=O) groups excluding carboxylic acids is 2. The van der Waals surface area contributed by atoms with Gasteiger partial charge in [0, 0.05) is 37.7 Å². The maximum Gasteiger partial charge on any atom is 0.227 e. The van der Waals surface area contributed by atoms with Crippen LogP contribution in [-0.4, -0.2) is 52.4 Å². The van der Waals surface area contributed by atoms with Crippen LogP contribution in [-0.2, 0) is 16.0 Å². The number of aryl methyl sites for hydroxylation is 2. The Morgan fingerprint density at radius 3 is 2.88 bits per heavy atom. The summed E-state index contributed by atoms with van der Waals surface area (Å²) in [5, 5.41) is 3.94. The molecular weight excluding hydrogens is 306 g/mol. The molecule has 3 aliphatic heterocycles. The van der Waals surface area contributed by atoms with Crippen LogP contribution in [0, 0.1) is 25.7 Å². The number of piperidine rings is 3. The molecule has 0 spiro atoms. The molecule has 3 fully saturated rings. The lowest BCUT2D eigenvalue weighted by molar-refractivity contribution is -0.148. The van der Waals surface area contributed by atoms with Gasteiger partial charge in [-0.2, -0.15) is 0 Å². The van der Waals surface area contributed by atoms with E-state index in [1.165, 1.54) is 0 Å². The maximum atomic E-state index is 12.8. The second-order valence-electron chi connectivity index (χ2n) is 7.65. The van der Waals surface area contributed by atoms with Gasteiger partial charge in [-0.3, -0.25) is 9.59 Å². The van der Waals surface area contributed by atoms with Crippen molar-refractivity contribution in [3.63, 3.8) is 0 Å². The van der Waals surface area contributed by atoms with E-state index in [0.29, 0.717) is 36.6 Å². The summed E-state index contributed by atoms with van der Waals surface area (Å²) >= 11 is 0. The fraction of sp³-hybridized carbons (Fsp3) is 0.722. The minimum atomic E-state index is 0.162. The second kappa shape index (κ2) is 5.90. The van der Waals surface area contributed by atoms with Crippen molar-refractivity contribution < 1.29 is 14.1 Å². The summed E-state index contributed by atoms with van der Waals surface area (Å²) in [6, 6.07) is 0.345. The first kappa shape index (κ1) is 15.7. The highest BCUT2D eigenvalue weighted by atomic mass is 16.5. The van der Waals surface area contributed by atoms with E-state index in [1.807, 2.05) is 18.7 Å². The van der Waals surface area contributed by atoms with Gasteiger partial charge >= 0.3 is 0 Å². The van der Waals surface area contributed by atoms with E-state index in [9.17, 15) is 9.59 Å². The number of amides is 2. The van der Waals surface area contributed by atoms with Crippen molar-refractivity contribution in [3.05, 3.63) is 17.0 Å². The van der Waals surface area contributed by atoms with Crippen LogP contribution in [0.25, 0.3) is 0 Å². The average Bonchev–Trinajstić information content (AvgIpc) is 2.87. The highest BCUT2D eigenvalue weighted by Gasteiger charge is 2.44. The molecule has 0 radical (unpaired) electrons. The molecule has 0 aromatic carbocycles. The van der Waals surface area contributed by atoms with E-state index < -0.39 is 0 Å². The first-order valence-electron chi connectivity index (χ1n) is 9.02. The SMILES string of the molecule is Cc1noc(C)c1CC(=O)N1CC2CC(C1)C1CCCC(=O)N1C2. The fourth-order valence-corrected chi connectivity index (χ4v) is 4.83. The average molecular weight is 331 g/mol. The Labute approximate surface area is 142 Å². The van der Waals surface area contributed by atoms with Crippen LogP contribution in [0.3, 0.4) is 0 Å². The lowest BCUT2D eigenvalue weighted by Crippen LogP contribution is -2.61. The Balaban J connectivity index is 1.47. The molecule has 0 aliphatic carbocycles. The zero-order chi connectivity index (χ0) is 16.8. The summed E-state index contributed by atoms with van der Waals surface area (Å²) in [6.45, 7) is 6.13. The molecule has 3 aliphatic rings. The predicted molar refractivity (Wildman–Crippen MR) is 87.2 cm³/mol. The first-order valence-corrected chi connectivity index (χ1v) is 9.02. The molecule has 24 heavy (non-hydrogen) atoms. The van der Waals surface area contributed by atoms with Gasteiger partial charge in [0.25, 0.3) is 0 Å². The Morgan fingerprint density at radius 2 is 2.12 bits per heavy atom. The Bertz CT molecular complexity index is 649. The van der Waals surface area contributed by atoms with Crippen molar-refractivity contribution >= 4 is 11.8 Å². The molecule has 1 aromatic rings. The molecule has 3 unspecified atom stereocenters. The summed E-state index contributed by atoms with van der Waals surface area (Å²) in [5.74, 6) is 2.08. The number of rotatable bonds is 2. The lowest BCUT2D eigenvalue weighted by Gasteiger charge is -2.52. The fourth-order valence-electron chi connectivity index (χ4n) is 4.83. The molecule has 0 saturated carbocycles. The maximum absolute atomic E-state index is 12.8. The quantitative estimate of drug-likeness (QED) is 0.827. The number of nitrogens with zero attached hydrogens (tertiary/aromatic N) is 3. The summed E-state index contributed by atoms with van der Waals surface area (Å²) < 4.78 is 5.18. The topological polar surface area (TPSA) is 66.7 Å². The third-order valence-corrected chi connectivity index (χ3v) is 6.04. The van der Waals surface area contributed by atoms with Gasteiger partial charge in [-0.25, -0.2) is 0 Å². The molecule has 0 N–H and O–H groups in total. The molecule has 3 saturated heterocycles. The van der Waals surface area contributed by atoms with E-state index in [0.717, 1.165) is 55.9 Å². The zero-order valence-corrected chi connectivity index (χ0v) is 14.5. The molecule has 6 nitrogen and oxygen atoms in total. The van der Waals surface area contributed by atoms with Crippen molar-refractivity contribution in [1.82, 2.24) is 15.0 Å². The highest BCUT2D eigenvalue weighted by Crippen LogP contribution is 2.38. The number of hydrogen-bond donors (Lipinski definition) is 0. The van der Waals surface area contributed by atoms with Gasteiger partial charge in [-0.05, 0) is 44.9 Å². The van der Waals surface area contributed by atoms with Crippen LogP contribution in [0.4, 0.5) is 0 Å². The van der Waals surface area contributed by atoms with Gasteiger partial charge < -0.3 is 14.3 Å². The monoisotopic (exact) mass is 331 g/mol. The molecule has 4 rings (SSSR count).